The van der Waals surface area contributed by atoms with Gasteiger partial charge in [-0.25, -0.2) is 4.98 Å². The zero-order valence-electron chi connectivity index (χ0n) is 31.5. The van der Waals surface area contributed by atoms with Crippen molar-refractivity contribution in [1.29, 1.82) is 5.26 Å². The third-order valence-corrected chi connectivity index (χ3v) is 11.5. The van der Waals surface area contributed by atoms with Crippen molar-refractivity contribution in [1.82, 2.24) is 28.7 Å². The van der Waals surface area contributed by atoms with E-state index in [0.29, 0.717) is 23.2 Å². The number of hydrogen-bond acceptors (Lipinski definition) is 4. The third-order valence-electron chi connectivity index (χ3n) is 11.5. The van der Waals surface area contributed by atoms with Gasteiger partial charge >= 0.3 is 0 Å². The molecule has 0 atom stereocenters. The number of rotatable bonds is 5. The van der Waals surface area contributed by atoms with Gasteiger partial charge in [-0.15, -0.1) is 0 Å². The molecule has 274 valence electrons. The van der Waals surface area contributed by atoms with Gasteiger partial charge in [0.15, 0.2) is 11.6 Å². The van der Waals surface area contributed by atoms with E-state index in [-0.39, 0.29) is 0 Å². The van der Waals surface area contributed by atoms with Crippen LogP contribution >= 0.6 is 0 Å². The van der Waals surface area contributed by atoms with Crippen LogP contribution in [-0.4, -0.2) is 28.7 Å². The van der Waals surface area contributed by atoms with Crippen molar-refractivity contribution in [3.8, 4) is 46.2 Å². The van der Waals surface area contributed by atoms with Crippen molar-refractivity contribution in [2.75, 3.05) is 0 Å². The second-order valence-corrected chi connectivity index (χ2v) is 14.8. The van der Waals surface area contributed by atoms with E-state index in [9.17, 15) is 5.26 Å². The molecule has 0 radical (unpaired) electrons. The highest BCUT2D eigenvalue weighted by Gasteiger charge is 2.22. The fraction of sp³-hybridized carbons (Fsp3) is 0. The minimum atomic E-state index is 0.482. The lowest BCUT2D eigenvalue weighted by molar-refractivity contribution is 0.953. The lowest BCUT2D eigenvalue weighted by atomic mass is 10.1. The topological polar surface area (TPSA) is 77.2 Å². The van der Waals surface area contributed by atoms with Crippen molar-refractivity contribution >= 4 is 65.4 Å². The standard InChI is InChI=1S/C52H31N7/c53-32-35-29-34(51-54-50(33-15-3-1-4-16-33)55-52(56-51)59-46-25-13-7-19-37(46)38-20-8-14-26-47(38)59)27-28-43(35)58-45-24-12-10-22-40(45)42-30-41-39-21-9-11-23-44(39)57(48(41)31-49(42)58)36-17-5-2-6-18-36/h1-31H. The third kappa shape index (κ3) is 4.97. The van der Waals surface area contributed by atoms with Gasteiger partial charge in [-0.05, 0) is 66.7 Å². The normalized spacial score (nSPS) is 11.7. The highest BCUT2D eigenvalue weighted by molar-refractivity contribution is 6.19. The lowest BCUT2D eigenvalue weighted by Gasteiger charge is -2.13. The van der Waals surface area contributed by atoms with E-state index in [2.05, 4.69) is 141 Å². The Kier molecular flexibility index (Phi) is 7.16. The van der Waals surface area contributed by atoms with Gasteiger partial charge in [0.1, 0.15) is 6.07 Å². The van der Waals surface area contributed by atoms with E-state index >= 15 is 0 Å². The van der Waals surface area contributed by atoms with Gasteiger partial charge in [-0.3, -0.25) is 4.57 Å². The first-order chi connectivity index (χ1) is 29.2. The number of aromatic nitrogens is 6. The van der Waals surface area contributed by atoms with Crippen molar-refractivity contribution < 1.29 is 0 Å². The average Bonchev–Trinajstić information content (AvgIpc) is 3.94. The molecular formula is C52H31N7. The summed E-state index contributed by atoms with van der Waals surface area (Å²) in [4.78, 5) is 15.3. The van der Waals surface area contributed by atoms with Gasteiger partial charge in [0.2, 0.25) is 5.95 Å². The Morgan fingerprint density at radius 3 is 1.42 bits per heavy atom. The van der Waals surface area contributed by atoms with Gasteiger partial charge in [0.25, 0.3) is 0 Å². The van der Waals surface area contributed by atoms with Crippen LogP contribution in [0.2, 0.25) is 0 Å². The molecule has 0 unspecified atom stereocenters. The summed E-state index contributed by atoms with van der Waals surface area (Å²) in [6.07, 6.45) is 0. The second kappa shape index (κ2) is 12.8. The van der Waals surface area contributed by atoms with Gasteiger partial charge in [0.05, 0.1) is 44.4 Å². The molecule has 12 rings (SSSR count). The molecule has 0 spiro atoms. The van der Waals surface area contributed by atoms with Crippen LogP contribution in [0.1, 0.15) is 5.56 Å². The van der Waals surface area contributed by atoms with Gasteiger partial charge in [-0.2, -0.15) is 15.2 Å². The molecule has 0 aliphatic carbocycles. The fourth-order valence-electron chi connectivity index (χ4n) is 8.95. The molecule has 4 aromatic heterocycles. The Morgan fingerprint density at radius 1 is 0.356 bits per heavy atom. The average molecular weight is 754 g/mol. The molecule has 0 saturated carbocycles. The first-order valence-electron chi connectivity index (χ1n) is 19.6. The predicted molar refractivity (Wildman–Crippen MR) is 238 cm³/mol. The molecule has 59 heavy (non-hydrogen) atoms. The summed E-state index contributed by atoms with van der Waals surface area (Å²) >= 11 is 0. The summed E-state index contributed by atoms with van der Waals surface area (Å²) in [5.74, 6) is 1.54. The molecule has 0 saturated heterocycles. The molecule has 8 aromatic carbocycles. The highest BCUT2D eigenvalue weighted by Crippen LogP contribution is 2.40. The Balaban J connectivity index is 1.09. The van der Waals surface area contributed by atoms with Crippen molar-refractivity contribution in [3.05, 3.63) is 194 Å². The number of benzene rings is 8. The molecule has 0 aliphatic heterocycles. The molecule has 0 amide bonds. The van der Waals surface area contributed by atoms with Crippen LogP contribution in [0.5, 0.6) is 0 Å². The van der Waals surface area contributed by atoms with Crippen molar-refractivity contribution in [2.24, 2.45) is 0 Å². The molecule has 12 aromatic rings. The SMILES string of the molecule is N#Cc1cc(-c2nc(-c3ccccc3)nc(-n3c4ccccc4c4ccccc43)n2)ccc1-n1c2ccccc2c2cc3c4ccccc4n(-c4ccccc4)c3cc21. The Labute approximate surface area is 337 Å². The summed E-state index contributed by atoms with van der Waals surface area (Å²) in [5.41, 5.74) is 10.3. The smallest absolute Gasteiger partial charge is 0.238 e. The van der Waals surface area contributed by atoms with E-state index in [1.54, 1.807) is 0 Å². The van der Waals surface area contributed by atoms with Crippen LogP contribution in [-0.2, 0) is 0 Å². The number of hydrogen-bond donors (Lipinski definition) is 0. The maximum atomic E-state index is 10.9. The molecule has 0 bridgehead atoms. The van der Waals surface area contributed by atoms with E-state index in [4.69, 9.17) is 15.0 Å². The highest BCUT2D eigenvalue weighted by atomic mass is 15.2. The van der Waals surface area contributed by atoms with Crippen molar-refractivity contribution in [2.45, 2.75) is 0 Å². The first-order valence-corrected chi connectivity index (χ1v) is 19.6. The quantitative estimate of drug-likeness (QED) is 0.175. The number of para-hydroxylation sites is 5. The van der Waals surface area contributed by atoms with Crippen molar-refractivity contribution in [3.63, 3.8) is 0 Å². The lowest BCUT2D eigenvalue weighted by Crippen LogP contribution is -2.06. The minimum Gasteiger partial charge on any atom is -0.309 e. The zero-order valence-corrected chi connectivity index (χ0v) is 31.5. The summed E-state index contributed by atoms with van der Waals surface area (Å²) < 4.78 is 6.67. The fourth-order valence-corrected chi connectivity index (χ4v) is 8.95. The maximum absolute atomic E-state index is 10.9. The van der Waals surface area contributed by atoms with Gasteiger partial charge in [-0.1, -0.05) is 121 Å². The predicted octanol–water partition coefficient (Wildman–Crippen LogP) is 12.4. The van der Waals surface area contributed by atoms with E-state index < -0.39 is 0 Å². The number of fused-ring (bicyclic) bond motifs is 9. The summed E-state index contributed by atoms with van der Waals surface area (Å²) in [6.45, 7) is 0. The minimum absolute atomic E-state index is 0.482. The Hall–Kier alpha value is -8.34. The molecule has 7 heteroatoms. The zero-order chi connectivity index (χ0) is 39.0. The first kappa shape index (κ1) is 32.9. The Bertz CT molecular complexity index is 3630. The monoisotopic (exact) mass is 753 g/mol. The van der Waals surface area contributed by atoms with Crippen LogP contribution in [0.4, 0.5) is 0 Å². The van der Waals surface area contributed by atoms with Crippen LogP contribution in [0, 0.1) is 11.3 Å². The number of nitrogens with zero attached hydrogens (tertiary/aromatic N) is 7. The van der Waals surface area contributed by atoms with Crippen LogP contribution in [0.25, 0.3) is 106 Å². The summed E-state index contributed by atoms with van der Waals surface area (Å²) in [5, 5.41) is 17.8. The van der Waals surface area contributed by atoms with E-state index in [1.807, 2.05) is 66.7 Å². The second-order valence-electron chi connectivity index (χ2n) is 14.8. The molecule has 0 N–H and O–H groups in total. The molecule has 7 nitrogen and oxygen atoms in total. The molecule has 0 fully saturated rings. The summed E-state index contributed by atoms with van der Waals surface area (Å²) in [7, 11) is 0. The number of nitriles is 1. The maximum Gasteiger partial charge on any atom is 0.238 e. The van der Waals surface area contributed by atoms with E-state index in [1.165, 1.54) is 10.8 Å². The molecule has 4 heterocycles. The molecule has 0 aliphatic rings. The molecular weight excluding hydrogens is 723 g/mol. The van der Waals surface area contributed by atoms with E-state index in [0.717, 1.165) is 77.1 Å². The van der Waals surface area contributed by atoms with Gasteiger partial charge < -0.3 is 9.13 Å². The van der Waals surface area contributed by atoms with Crippen LogP contribution in [0.3, 0.4) is 0 Å². The largest absolute Gasteiger partial charge is 0.309 e. The summed E-state index contributed by atoms with van der Waals surface area (Å²) in [6, 6.07) is 67.3. The van der Waals surface area contributed by atoms with Crippen LogP contribution in [0.15, 0.2) is 188 Å². The van der Waals surface area contributed by atoms with Gasteiger partial charge in [0, 0.05) is 49.1 Å². The Morgan fingerprint density at radius 2 is 0.831 bits per heavy atom. The van der Waals surface area contributed by atoms with Crippen LogP contribution < -0.4 is 0 Å².